The average molecular weight is 300 g/mol. The molecule has 2 aromatic rings. The summed E-state index contributed by atoms with van der Waals surface area (Å²) in [4.78, 5) is 22.5. The van der Waals surface area contributed by atoms with Gasteiger partial charge in [0.15, 0.2) is 5.76 Å². The summed E-state index contributed by atoms with van der Waals surface area (Å²) in [7, 11) is 0. The molecule has 0 bridgehead atoms. The zero-order valence-electron chi connectivity index (χ0n) is 13.2. The van der Waals surface area contributed by atoms with E-state index in [1.165, 1.54) is 0 Å². The number of likely N-dealkylation sites (tertiary alicyclic amines) is 1. The second kappa shape index (κ2) is 5.87. The zero-order valence-corrected chi connectivity index (χ0v) is 13.2. The molecule has 1 amide bonds. The Bertz CT molecular complexity index is 695. The first-order valence-corrected chi connectivity index (χ1v) is 7.57. The molecule has 22 heavy (non-hydrogen) atoms. The van der Waals surface area contributed by atoms with E-state index < -0.39 is 0 Å². The van der Waals surface area contributed by atoms with Gasteiger partial charge < -0.3 is 9.42 Å². The van der Waals surface area contributed by atoms with Crippen molar-refractivity contribution in [3.8, 4) is 11.3 Å². The standard InChI is InChI=1S/C16H20N4O2/c1-10-7-15(22-19-10)14-8-17-11(2)18-16(14)13-5-4-6-20(9-13)12(3)21/h7-8,13H,4-6,9H2,1-3H3. The highest BCUT2D eigenvalue weighted by Gasteiger charge is 2.27. The van der Waals surface area contributed by atoms with Crippen molar-refractivity contribution in [1.29, 1.82) is 0 Å². The van der Waals surface area contributed by atoms with Crippen molar-refractivity contribution in [1.82, 2.24) is 20.0 Å². The smallest absolute Gasteiger partial charge is 0.219 e. The number of amides is 1. The number of rotatable bonds is 2. The van der Waals surface area contributed by atoms with E-state index in [0.717, 1.165) is 42.2 Å². The van der Waals surface area contributed by atoms with Gasteiger partial charge in [0.1, 0.15) is 5.82 Å². The summed E-state index contributed by atoms with van der Waals surface area (Å²) in [5.74, 6) is 1.75. The summed E-state index contributed by atoms with van der Waals surface area (Å²) < 4.78 is 5.39. The molecule has 1 saturated heterocycles. The molecular weight excluding hydrogens is 280 g/mol. The van der Waals surface area contributed by atoms with Gasteiger partial charge in [0.25, 0.3) is 0 Å². The lowest BCUT2D eigenvalue weighted by Gasteiger charge is -2.32. The monoisotopic (exact) mass is 300 g/mol. The minimum absolute atomic E-state index is 0.118. The van der Waals surface area contributed by atoms with Crippen molar-refractivity contribution in [2.24, 2.45) is 0 Å². The van der Waals surface area contributed by atoms with Gasteiger partial charge in [-0.15, -0.1) is 0 Å². The van der Waals surface area contributed by atoms with Crippen molar-refractivity contribution in [2.45, 2.75) is 39.5 Å². The second-order valence-corrected chi connectivity index (χ2v) is 5.85. The molecule has 1 unspecified atom stereocenters. The molecule has 6 heteroatoms. The van der Waals surface area contributed by atoms with Crippen LogP contribution in [0.1, 0.15) is 42.9 Å². The number of aryl methyl sites for hydroxylation is 2. The fourth-order valence-corrected chi connectivity index (χ4v) is 2.97. The summed E-state index contributed by atoms with van der Waals surface area (Å²) in [5, 5.41) is 3.95. The molecule has 0 spiro atoms. The van der Waals surface area contributed by atoms with Crippen LogP contribution in [0.25, 0.3) is 11.3 Å². The van der Waals surface area contributed by atoms with Gasteiger partial charge in [-0.3, -0.25) is 4.79 Å². The molecule has 1 atom stereocenters. The van der Waals surface area contributed by atoms with Crippen LogP contribution in [-0.2, 0) is 4.79 Å². The molecule has 1 aliphatic rings. The summed E-state index contributed by atoms with van der Waals surface area (Å²) in [6.07, 6.45) is 3.80. The van der Waals surface area contributed by atoms with E-state index in [9.17, 15) is 4.79 Å². The molecule has 0 aromatic carbocycles. The van der Waals surface area contributed by atoms with Gasteiger partial charge in [-0.1, -0.05) is 5.16 Å². The molecule has 2 aromatic heterocycles. The minimum Gasteiger partial charge on any atom is -0.356 e. The predicted molar refractivity (Wildman–Crippen MR) is 81.2 cm³/mol. The maximum Gasteiger partial charge on any atom is 0.219 e. The lowest BCUT2D eigenvalue weighted by molar-refractivity contribution is -0.130. The average Bonchev–Trinajstić information content (AvgIpc) is 2.93. The topological polar surface area (TPSA) is 72.1 Å². The minimum atomic E-state index is 0.118. The first kappa shape index (κ1) is 14.7. The Morgan fingerprint density at radius 1 is 1.41 bits per heavy atom. The molecule has 0 aliphatic carbocycles. The number of piperidine rings is 1. The van der Waals surface area contributed by atoms with Gasteiger partial charge in [0, 0.05) is 38.2 Å². The maximum absolute atomic E-state index is 11.7. The fraction of sp³-hybridized carbons (Fsp3) is 0.500. The van der Waals surface area contributed by atoms with Crippen LogP contribution in [0.15, 0.2) is 16.8 Å². The molecule has 0 N–H and O–H groups in total. The van der Waals surface area contributed by atoms with Gasteiger partial charge in [0.05, 0.1) is 17.0 Å². The van der Waals surface area contributed by atoms with Crippen LogP contribution < -0.4 is 0 Å². The van der Waals surface area contributed by atoms with Gasteiger partial charge in [0.2, 0.25) is 5.91 Å². The third-order valence-corrected chi connectivity index (χ3v) is 4.09. The van der Waals surface area contributed by atoms with Crippen molar-refractivity contribution >= 4 is 5.91 Å². The second-order valence-electron chi connectivity index (χ2n) is 5.85. The molecule has 6 nitrogen and oxygen atoms in total. The number of aromatic nitrogens is 3. The Balaban J connectivity index is 1.98. The maximum atomic E-state index is 11.7. The summed E-state index contributed by atoms with van der Waals surface area (Å²) >= 11 is 0. The van der Waals surface area contributed by atoms with Gasteiger partial charge in [-0.25, -0.2) is 9.97 Å². The largest absolute Gasteiger partial charge is 0.356 e. The number of carbonyl (C=O) groups excluding carboxylic acids is 1. The van der Waals surface area contributed by atoms with E-state index >= 15 is 0 Å². The van der Waals surface area contributed by atoms with Crippen molar-refractivity contribution in [2.75, 3.05) is 13.1 Å². The molecule has 0 saturated carbocycles. The van der Waals surface area contributed by atoms with Crippen LogP contribution in [0.4, 0.5) is 0 Å². The molecule has 1 aliphatic heterocycles. The zero-order chi connectivity index (χ0) is 15.7. The van der Waals surface area contributed by atoms with Crippen molar-refractivity contribution in [3.63, 3.8) is 0 Å². The Morgan fingerprint density at radius 2 is 2.23 bits per heavy atom. The predicted octanol–water partition coefficient (Wildman–Crippen LogP) is 2.47. The molecule has 116 valence electrons. The Morgan fingerprint density at radius 3 is 2.91 bits per heavy atom. The quantitative estimate of drug-likeness (QED) is 0.852. The number of hydrogen-bond donors (Lipinski definition) is 0. The third kappa shape index (κ3) is 2.86. The van der Waals surface area contributed by atoms with E-state index in [-0.39, 0.29) is 11.8 Å². The fourth-order valence-electron chi connectivity index (χ4n) is 2.97. The summed E-state index contributed by atoms with van der Waals surface area (Å²) in [5.41, 5.74) is 2.66. The summed E-state index contributed by atoms with van der Waals surface area (Å²) in [6, 6.07) is 1.89. The van der Waals surface area contributed by atoms with E-state index in [1.54, 1.807) is 13.1 Å². The van der Waals surface area contributed by atoms with E-state index in [0.29, 0.717) is 12.3 Å². The van der Waals surface area contributed by atoms with Gasteiger partial charge in [-0.05, 0) is 26.7 Å². The number of carbonyl (C=O) groups is 1. The Hall–Kier alpha value is -2.24. The van der Waals surface area contributed by atoms with Crippen LogP contribution in [0.5, 0.6) is 0 Å². The number of nitrogens with zero attached hydrogens (tertiary/aromatic N) is 4. The third-order valence-electron chi connectivity index (χ3n) is 4.09. The molecule has 1 fully saturated rings. The van der Waals surface area contributed by atoms with Gasteiger partial charge in [-0.2, -0.15) is 0 Å². The first-order valence-electron chi connectivity index (χ1n) is 7.57. The van der Waals surface area contributed by atoms with Crippen LogP contribution in [-0.4, -0.2) is 39.0 Å². The SMILES string of the molecule is CC(=O)N1CCCC(c2nc(C)ncc2-c2cc(C)no2)C1. The highest BCUT2D eigenvalue weighted by molar-refractivity contribution is 5.73. The molecule has 0 radical (unpaired) electrons. The van der Waals surface area contributed by atoms with Crippen LogP contribution >= 0.6 is 0 Å². The highest BCUT2D eigenvalue weighted by atomic mass is 16.5. The molecule has 3 rings (SSSR count). The van der Waals surface area contributed by atoms with Crippen LogP contribution in [0, 0.1) is 13.8 Å². The molecule has 3 heterocycles. The van der Waals surface area contributed by atoms with Crippen LogP contribution in [0.2, 0.25) is 0 Å². The van der Waals surface area contributed by atoms with Gasteiger partial charge >= 0.3 is 0 Å². The first-order chi connectivity index (χ1) is 10.5. The number of hydrogen-bond acceptors (Lipinski definition) is 5. The Kier molecular flexibility index (Phi) is 3.92. The Labute approximate surface area is 129 Å². The normalized spacial score (nSPS) is 18.5. The highest BCUT2D eigenvalue weighted by Crippen LogP contribution is 2.33. The van der Waals surface area contributed by atoms with Crippen LogP contribution in [0.3, 0.4) is 0 Å². The molecular formula is C16H20N4O2. The lowest BCUT2D eigenvalue weighted by atomic mass is 9.91. The van der Waals surface area contributed by atoms with Crippen molar-refractivity contribution in [3.05, 3.63) is 29.5 Å². The lowest BCUT2D eigenvalue weighted by Crippen LogP contribution is -2.38. The van der Waals surface area contributed by atoms with Crippen molar-refractivity contribution < 1.29 is 9.32 Å². The van der Waals surface area contributed by atoms with E-state index in [1.807, 2.05) is 24.8 Å². The van der Waals surface area contributed by atoms with E-state index in [4.69, 9.17) is 4.52 Å². The summed E-state index contributed by atoms with van der Waals surface area (Å²) in [6.45, 7) is 6.91. The van der Waals surface area contributed by atoms with E-state index in [2.05, 4.69) is 15.1 Å².